The maximum absolute atomic E-state index is 5.65. The van der Waals surface area contributed by atoms with Gasteiger partial charge in [-0.2, -0.15) is 0 Å². The average molecular weight is 223 g/mol. The SMILES string of the molecule is CCC[Si](OCC)(OCC)OCC.N. The van der Waals surface area contributed by atoms with Crippen molar-refractivity contribution in [3.05, 3.63) is 0 Å². The highest BCUT2D eigenvalue weighted by Gasteiger charge is 2.38. The summed E-state index contributed by atoms with van der Waals surface area (Å²) < 4.78 is 16.9. The Bertz CT molecular complexity index is 95.1. The van der Waals surface area contributed by atoms with E-state index in [0.29, 0.717) is 19.8 Å². The van der Waals surface area contributed by atoms with Gasteiger partial charge in [-0.15, -0.1) is 0 Å². The quantitative estimate of drug-likeness (QED) is 0.642. The molecule has 0 aliphatic heterocycles. The highest BCUT2D eigenvalue weighted by Crippen LogP contribution is 2.17. The third kappa shape index (κ3) is 5.72. The summed E-state index contributed by atoms with van der Waals surface area (Å²) >= 11 is 0. The first-order chi connectivity index (χ1) is 6.24. The second kappa shape index (κ2) is 9.61. The van der Waals surface area contributed by atoms with Crippen LogP contribution in [-0.4, -0.2) is 28.6 Å². The van der Waals surface area contributed by atoms with Gasteiger partial charge in [-0.1, -0.05) is 13.3 Å². The molecular formula is C9H25NO3Si. The van der Waals surface area contributed by atoms with Gasteiger partial charge in [0.15, 0.2) is 0 Å². The van der Waals surface area contributed by atoms with Crippen molar-refractivity contribution in [2.75, 3.05) is 19.8 Å². The molecule has 0 heterocycles. The Hall–Kier alpha value is 0.0569. The molecule has 0 atom stereocenters. The Labute approximate surface area is 88.9 Å². The fraction of sp³-hybridized carbons (Fsp3) is 1.00. The molecule has 0 aromatic carbocycles. The van der Waals surface area contributed by atoms with Crippen molar-refractivity contribution < 1.29 is 13.3 Å². The molecule has 0 amide bonds. The summed E-state index contributed by atoms with van der Waals surface area (Å²) in [7, 11) is -2.30. The van der Waals surface area contributed by atoms with Crippen molar-refractivity contribution in [3.8, 4) is 0 Å². The van der Waals surface area contributed by atoms with E-state index in [0.717, 1.165) is 12.5 Å². The van der Waals surface area contributed by atoms with Gasteiger partial charge in [-0.25, -0.2) is 0 Å². The summed E-state index contributed by atoms with van der Waals surface area (Å²) in [5, 5.41) is 0. The summed E-state index contributed by atoms with van der Waals surface area (Å²) in [6.07, 6.45) is 1.05. The van der Waals surface area contributed by atoms with Crippen molar-refractivity contribution in [3.63, 3.8) is 0 Å². The van der Waals surface area contributed by atoms with Crippen molar-refractivity contribution in [2.45, 2.75) is 40.2 Å². The van der Waals surface area contributed by atoms with Gasteiger partial charge in [0.05, 0.1) is 0 Å². The second-order valence-electron chi connectivity index (χ2n) is 2.73. The minimum atomic E-state index is -2.30. The summed E-state index contributed by atoms with van der Waals surface area (Å²) in [5.74, 6) is 0. The first-order valence-electron chi connectivity index (χ1n) is 5.16. The fourth-order valence-electron chi connectivity index (χ4n) is 1.31. The molecule has 0 bridgehead atoms. The molecule has 0 saturated carbocycles. The molecule has 0 aliphatic rings. The highest BCUT2D eigenvalue weighted by atomic mass is 28.4. The molecule has 5 heteroatoms. The number of rotatable bonds is 8. The summed E-state index contributed by atoms with van der Waals surface area (Å²) in [6.45, 7) is 10.1. The van der Waals surface area contributed by atoms with E-state index < -0.39 is 8.80 Å². The van der Waals surface area contributed by atoms with E-state index in [1.54, 1.807) is 0 Å². The smallest absolute Gasteiger partial charge is 0.374 e. The lowest BCUT2D eigenvalue weighted by atomic mass is 10.6. The van der Waals surface area contributed by atoms with E-state index in [-0.39, 0.29) is 6.15 Å². The predicted octanol–water partition coefficient (Wildman–Crippen LogP) is 2.61. The van der Waals surface area contributed by atoms with Gasteiger partial charge < -0.3 is 19.4 Å². The van der Waals surface area contributed by atoms with Gasteiger partial charge >= 0.3 is 8.80 Å². The molecule has 0 radical (unpaired) electrons. The summed E-state index contributed by atoms with van der Waals surface area (Å²) in [4.78, 5) is 0. The van der Waals surface area contributed by atoms with Crippen LogP contribution in [0.4, 0.5) is 0 Å². The lowest BCUT2D eigenvalue weighted by Gasteiger charge is -2.27. The van der Waals surface area contributed by atoms with Crippen LogP contribution < -0.4 is 6.15 Å². The zero-order chi connectivity index (χ0) is 10.2. The predicted molar refractivity (Wildman–Crippen MR) is 60.8 cm³/mol. The maximum Gasteiger partial charge on any atom is 0.500 e. The Balaban J connectivity index is 0. The first-order valence-corrected chi connectivity index (χ1v) is 7.09. The van der Waals surface area contributed by atoms with Gasteiger partial charge in [0, 0.05) is 25.9 Å². The van der Waals surface area contributed by atoms with Crippen LogP contribution in [0.3, 0.4) is 0 Å². The van der Waals surface area contributed by atoms with Gasteiger partial charge in [0.25, 0.3) is 0 Å². The van der Waals surface area contributed by atoms with Crippen molar-refractivity contribution in [1.82, 2.24) is 6.15 Å². The van der Waals surface area contributed by atoms with Crippen molar-refractivity contribution in [1.29, 1.82) is 0 Å². The zero-order valence-electron chi connectivity index (χ0n) is 9.97. The fourth-order valence-corrected chi connectivity index (χ4v) is 3.92. The van der Waals surface area contributed by atoms with Crippen LogP contribution in [0.2, 0.25) is 6.04 Å². The molecular weight excluding hydrogens is 198 g/mol. The third-order valence-electron chi connectivity index (χ3n) is 1.65. The minimum Gasteiger partial charge on any atom is -0.374 e. The molecule has 88 valence electrons. The molecule has 0 aromatic rings. The summed E-state index contributed by atoms with van der Waals surface area (Å²) in [6, 6.07) is 0.919. The van der Waals surface area contributed by atoms with Crippen LogP contribution >= 0.6 is 0 Å². The van der Waals surface area contributed by atoms with Crippen LogP contribution in [-0.2, 0) is 13.3 Å². The van der Waals surface area contributed by atoms with Gasteiger partial charge in [0.1, 0.15) is 0 Å². The van der Waals surface area contributed by atoms with E-state index >= 15 is 0 Å². The van der Waals surface area contributed by atoms with E-state index in [4.69, 9.17) is 13.3 Å². The monoisotopic (exact) mass is 223 g/mol. The number of hydrogen-bond donors (Lipinski definition) is 1. The molecule has 4 nitrogen and oxygen atoms in total. The third-order valence-corrected chi connectivity index (χ3v) is 4.95. The van der Waals surface area contributed by atoms with Gasteiger partial charge in [-0.3, -0.25) is 0 Å². The largest absolute Gasteiger partial charge is 0.500 e. The van der Waals surface area contributed by atoms with Crippen LogP contribution in [0.25, 0.3) is 0 Å². The highest BCUT2D eigenvalue weighted by molar-refractivity contribution is 6.60. The van der Waals surface area contributed by atoms with E-state index in [2.05, 4.69) is 6.92 Å². The molecule has 0 aliphatic carbocycles. The second-order valence-corrected chi connectivity index (χ2v) is 5.46. The molecule has 3 N–H and O–H groups in total. The van der Waals surface area contributed by atoms with Crippen LogP contribution in [0.15, 0.2) is 0 Å². The lowest BCUT2D eigenvalue weighted by molar-refractivity contribution is 0.0712. The standard InChI is InChI=1S/C9H22O3Si.H3N/c1-5-9-13(10-6-2,11-7-3)12-8-4;/h5-9H2,1-4H3;1H3. The molecule has 0 saturated heterocycles. The Morgan fingerprint density at radius 3 is 1.36 bits per heavy atom. The first kappa shape index (κ1) is 16.5. The average Bonchev–Trinajstić information content (AvgIpc) is 2.06. The lowest BCUT2D eigenvalue weighted by Crippen LogP contribution is -2.45. The number of hydrogen-bond acceptors (Lipinski definition) is 4. The Morgan fingerprint density at radius 2 is 1.14 bits per heavy atom. The molecule has 0 fully saturated rings. The maximum atomic E-state index is 5.65. The van der Waals surface area contributed by atoms with E-state index in [9.17, 15) is 0 Å². The van der Waals surface area contributed by atoms with E-state index in [1.165, 1.54) is 0 Å². The molecule has 14 heavy (non-hydrogen) atoms. The van der Waals surface area contributed by atoms with Gasteiger partial charge in [0.2, 0.25) is 0 Å². The zero-order valence-corrected chi connectivity index (χ0v) is 11.0. The molecule has 0 unspecified atom stereocenters. The minimum absolute atomic E-state index is 0. The Morgan fingerprint density at radius 1 is 0.786 bits per heavy atom. The van der Waals surface area contributed by atoms with Crippen LogP contribution in [0.1, 0.15) is 34.1 Å². The molecule has 0 rings (SSSR count). The summed E-state index contributed by atoms with van der Waals surface area (Å²) in [5.41, 5.74) is 0. The van der Waals surface area contributed by atoms with Crippen LogP contribution in [0, 0.1) is 0 Å². The molecule has 0 aromatic heterocycles. The van der Waals surface area contributed by atoms with Gasteiger partial charge in [-0.05, 0) is 20.8 Å². The molecule has 0 spiro atoms. The van der Waals surface area contributed by atoms with E-state index in [1.807, 2.05) is 20.8 Å². The topological polar surface area (TPSA) is 62.7 Å². The van der Waals surface area contributed by atoms with Crippen LogP contribution in [0.5, 0.6) is 0 Å². The Kier molecular flexibility index (Phi) is 11.3. The normalized spacial score (nSPS) is 11.1. The van der Waals surface area contributed by atoms with Crippen molar-refractivity contribution in [2.24, 2.45) is 0 Å². The van der Waals surface area contributed by atoms with Crippen molar-refractivity contribution >= 4 is 8.80 Å².